The van der Waals surface area contributed by atoms with Crippen LogP contribution in [0.1, 0.15) is 19.3 Å². The number of aliphatic carboxylic acids is 1. The summed E-state index contributed by atoms with van der Waals surface area (Å²) in [6, 6.07) is 19.6. The Morgan fingerprint density at radius 1 is 0.963 bits per heavy atom. The van der Waals surface area contributed by atoms with Crippen molar-refractivity contribution in [3.8, 4) is 22.4 Å². The Hall–Kier alpha value is -2.86. The number of carboxylic acid groups (broad SMARTS) is 1. The predicted molar refractivity (Wildman–Crippen MR) is 108 cm³/mol. The molecule has 27 heavy (non-hydrogen) atoms. The first-order valence-corrected chi connectivity index (χ1v) is 9.72. The van der Waals surface area contributed by atoms with Gasteiger partial charge in [-0.3, -0.25) is 9.59 Å². The van der Waals surface area contributed by atoms with Crippen molar-refractivity contribution in [2.75, 3.05) is 5.75 Å². The minimum Gasteiger partial charge on any atom is -0.481 e. The maximum Gasteiger partial charge on any atom is 0.303 e. The van der Waals surface area contributed by atoms with Crippen molar-refractivity contribution in [1.82, 2.24) is 9.97 Å². The van der Waals surface area contributed by atoms with Gasteiger partial charge in [0.2, 0.25) is 0 Å². The number of aromatic amines is 1. The van der Waals surface area contributed by atoms with Crippen LogP contribution in [0.3, 0.4) is 0 Å². The quantitative estimate of drug-likeness (QED) is 0.343. The lowest BCUT2D eigenvalue weighted by Crippen LogP contribution is -2.08. The summed E-state index contributed by atoms with van der Waals surface area (Å²) >= 11 is 1.44. The van der Waals surface area contributed by atoms with E-state index in [1.54, 1.807) is 0 Å². The molecule has 6 heteroatoms. The SMILES string of the molecule is O=C(O)CCCCSc1nc(-c2ccc(-c3ccccc3)cc2)cc(=O)[nH]1. The third kappa shape index (κ3) is 5.56. The monoisotopic (exact) mass is 380 g/mol. The van der Waals surface area contributed by atoms with Crippen molar-refractivity contribution < 1.29 is 9.90 Å². The van der Waals surface area contributed by atoms with Gasteiger partial charge in [0.05, 0.1) is 5.69 Å². The van der Waals surface area contributed by atoms with Gasteiger partial charge in [-0.2, -0.15) is 0 Å². The molecule has 5 nitrogen and oxygen atoms in total. The predicted octanol–water partition coefficient (Wildman–Crippen LogP) is 4.45. The first kappa shape index (κ1) is 18.9. The number of benzene rings is 2. The average molecular weight is 380 g/mol. The fourth-order valence-electron chi connectivity index (χ4n) is 2.66. The van der Waals surface area contributed by atoms with Gasteiger partial charge in [0, 0.05) is 23.8 Å². The minimum absolute atomic E-state index is 0.165. The van der Waals surface area contributed by atoms with E-state index in [9.17, 15) is 9.59 Å². The Labute approximate surface area is 161 Å². The molecule has 0 amide bonds. The number of carboxylic acids is 1. The van der Waals surface area contributed by atoms with E-state index >= 15 is 0 Å². The second kappa shape index (κ2) is 9.19. The molecule has 0 saturated carbocycles. The Morgan fingerprint density at radius 2 is 1.63 bits per heavy atom. The number of nitrogens with one attached hydrogen (secondary N) is 1. The maximum absolute atomic E-state index is 12.0. The van der Waals surface area contributed by atoms with Gasteiger partial charge in [0.1, 0.15) is 0 Å². The molecule has 2 aromatic carbocycles. The summed E-state index contributed by atoms with van der Waals surface area (Å²) in [4.78, 5) is 29.8. The number of carbonyl (C=O) groups is 1. The molecule has 138 valence electrons. The first-order valence-electron chi connectivity index (χ1n) is 8.73. The van der Waals surface area contributed by atoms with Crippen LogP contribution < -0.4 is 5.56 Å². The lowest BCUT2D eigenvalue weighted by atomic mass is 10.0. The Balaban J connectivity index is 1.70. The number of hydrogen-bond donors (Lipinski definition) is 2. The molecule has 1 heterocycles. The van der Waals surface area contributed by atoms with Crippen molar-refractivity contribution >= 4 is 17.7 Å². The summed E-state index contributed by atoms with van der Waals surface area (Å²) in [7, 11) is 0. The molecule has 0 aliphatic carbocycles. The van der Waals surface area contributed by atoms with E-state index < -0.39 is 5.97 Å². The summed E-state index contributed by atoms with van der Waals surface area (Å²) in [5.41, 5.74) is 3.57. The average Bonchev–Trinajstić information content (AvgIpc) is 2.68. The number of unbranched alkanes of at least 4 members (excludes halogenated alkanes) is 1. The molecule has 0 saturated heterocycles. The van der Waals surface area contributed by atoms with Crippen LogP contribution in [0.15, 0.2) is 70.6 Å². The molecule has 0 spiro atoms. The van der Waals surface area contributed by atoms with E-state index in [0.29, 0.717) is 23.0 Å². The zero-order valence-electron chi connectivity index (χ0n) is 14.7. The zero-order valence-corrected chi connectivity index (χ0v) is 15.5. The summed E-state index contributed by atoms with van der Waals surface area (Å²) in [5.74, 6) is -0.0698. The van der Waals surface area contributed by atoms with Gasteiger partial charge in [-0.15, -0.1) is 0 Å². The molecule has 0 unspecified atom stereocenters. The summed E-state index contributed by atoms with van der Waals surface area (Å²) in [6.45, 7) is 0. The van der Waals surface area contributed by atoms with E-state index in [1.807, 2.05) is 42.5 Å². The van der Waals surface area contributed by atoms with Crippen LogP contribution in [-0.2, 0) is 4.79 Å². The maximum atomic E-state index is 12.0. The molecule has 0 aliphatic rings. The molecule has 1 aromatic heterocycles. The fraction of sp³-hybridized carbons (Fsp3) is 0.190. The number of aromatic nitrogens is 2. The molecule has 0 radical (unpaired) electrons. The second-order valence-electron chi connectivity index (χ2n) is 6.08. The molecular formula is C21H20N2O3S. The van der Waals surface area contributed by atoms with Crippen LogP contribution in [0.25, 0.3) is 22.4 Å². The highest BCUT2D eigenvalue weighted by molar-refractivity contribution is 7.99. The van der Waals surface area contributed by atoms with E-state index in [4.69, 9.17) is 5.11 Å². The van der Waals surface area contributed by atoms with Gasteiger partial charge in [0.25, 0.3) is 5.56 Å². The molecule has 0 bridgehead atoms. The topological polar surface area (TPSA) is 83.0 Å². The van der Waals surface area contributed by atoms with Gasteiger partial charge in [-0.25, -0.2) is 4.98 Å². The fourth-order valence-corrected chi connectivity index (χ4v) is 3.54. The van der Waals surface area contributed by atoms with E-state index in [-0.39, 0.29) is 12.0 Å². The molecule has 3 aromatic rings. The second-order valence-corrected chi connectivity index (χ2v) is 7.16. The van der Waals surface area contributed by atoms with Crippen molar-refractivity contribution in [1.29, 1.82) is 0 Å². The first-order chi connectivity index (χ1) is 13.1. The molecule has 2 N–H and O–H groups in total. The molecule has 0 atom stereocenters. The summed E-state index contributed by atoms with van der Waals surface area (Å²) < 4.78 is 0. The number of hydrogen-bond acceptors (Lipinski definition) is 4. The van der Waals surface area contributed by atoms with Gasteiger partial charge in [0.15, 0.2) is 5.16 Å². The van der Waals surface area contributed by atoms with Crippen LogP contribution in [0.4, 0.5) is 0 Å². The largest absolute Gasteiger partial charge is 0.481 e. The molecule has 3 rings (SSSR count). The lowest BCUT2D eigenvalue weighted by molar-refractivity contribution is -0.137. The summed E-state index contributed by atoms with van der Waals surface area (Å²) in [6.07, 6.45) is 1.54. The van der Waals surface area contributed by atoms with Crippen molar-refractivity contribution in [3.63, 3.8) is 0 Å². The van der Waals surface area contributed by atoms with E-state index in [1.165, 1.54) is 17.8 Å². The van der Waals surface area contributed by atoms with Gasteiger partial charge >= 0.3 is 5.97 Å². The molecule has 0 fully saturated rings. The van der Waals surface area contributed by atoms with Crippen LogP contribution >= 0.6 is 11.8 Å². The Bertz CT molecular complexity index is 953. The van der Waals surface area contributed by atoms with Gasteiger partial charge < -0.3 is 10.1 Å². The smallest absolute Gasteiger partial charge is 0.303 e. The number of rotatable bonds is 8. The van der Waals surface area contributed by atoms with Crippen LogP contribution in [0.5, 0.6) is 0 Å². The van der Waals surface area contributed by atoms with Crippen LogP contribution in [0.2, 0.25) is 0 Å². The van der Waals surface area contributed by atoms with Gasteiger partial charge in [-0.05, 0) is 24.0 Å². The summed E-state index contributed by atoms with van der Waals surface area (Å²) in [5, 5.41) is 9.21. The zero-order chi connectivity index (χ0) is 19.1. The number of H-pyrrole nitrogens is 1. The van der Waals surface area contributed by atoms with Crippen molar-refractivity contribution in [3.05, 3.63) is 71.0 Å². The van der Waals surface area contributed by atoms with Crippen molar-refractivity contribution in [2.45, 2.75) is 24.4 Å². The molecule has 0 aliphatic heterocycles. The Morgan fingerprint density at radius 3 is 2.33 bits per heavy atom. The highest BCUT2D eigenvalue weighted by Gasteiger charge is 2.06. The highest BCUT2D eigenvalue weighted by Crippen LogP contribution is 2.24. The number of nitrogens with zero attached hydrogens (tertiary/aromatic N) is 1. The highest BCUT2D eigenvalue weighted by atomic mass is 32.2. The third-order valence-corrected chi connectivity index (χ3v) is 4.99. The third-order valence-electron chi connectivity index (χ3n) is 4.03. The van der Waals surface area contributed by atoms with Crippen LogP contribution in [-0.4, -0.2) is 26.8 Å². The van der Waals surface area contributed by atoms with Crippen molar-refractivity contribution in [2.24, 2.45) is 0 Å². The van der Waals surface area contributed by atoms with Crippen LogP contribution in [0, 0.1) is 0 Å². The van der Waals surface area contributed by atoms with Gasteiger partial charge in [-0.1, -0.05) is 66.4 Å². The lowest BCUT2D eigenvalue weighted by Gasteiger charge is -2.06. The van der Waals surface area contributed by atoms with E-state index in [0.717, 1.165) is 23.1 Å². The molecular weight excluding hydrogens is 360 g/mol. The standard InChI is InChI=1S/C21H20N2O3S/c24-19-14-18(22-21(23-19)27-13-5-4-8-20(25)26)17-11-9-16(10-12-17)15-6-2-1-3-7-15/h1-3,6-7,9-12,14H,4-5,8,13H2,(H,25,26)(H,22,23,24). The number of thioether (sulfide) groups is 1. The van der Waals surface area contributed by atoms with E-state index in [2.05, 4.69) is 22.1 Å². The minimum atomic E-state index is -0.785. The normalized spacial score (nSPS) is 10.7. The Kier molecular flexibility index (Phi) is 6.44.